The van der Waals surface area contributed by atoms with Gasteiger partial charge in [-0.1, -0.05) is 170 Å². The van der Waals surface area contributed by atoms with E-state index < -0.39 is 0 Å². The molecule has 0 fully saturated rings. The Balaban J connectivity index is 0.807. The van der Waals surface area contributed by atoms with Gasteiger partial charge in [-0.25, -0.2) is 0 Å². The van der Waals surface area contributed by atoms with Gasteiger partial charge in [0.15, 0.2) is 0 Å². The van der Waals surface area contributed by atoms with Gasteiger partial charge in [-0.3, -0.25) is 0 Å². The molecule has 0 saturated carbocycles. The van der Waals surface area contributed by atoms with Crippen LogP contribution < -0.4 is 4.90 Å². The fourth-order valence-corrected chi connectivity index (χ4v) is 9.73. The van der Waals surface area contributed by atoms with Crippen LogP contribution in [0.3, 0.4) is 0 Å². The number of benzene rings is 10. The molecule has 0 aliphatic carbocycles. The lowest BCUT2D eigenvalue weighted by Crippen LogP contribution is -2.10. The Morgan fingerprint density at radius 2 is 0.609 bits per heavy atom. The summed E-state index contributed by atoms with van der Waals surface area (Å²) in [4.78, 5) is 2.36. The number of aromatic nitrogens is 1. The first-order valence-electron chi connectivity index (χ1n) is 22.2. The Labute approximate surface area is 373 Å². The highest BCUT2D eigenvalue weighted by molar-refractivity contribution is 6.24. The molecular formula is C62H44N2. The van der Waals surface area contributed by atoms with Crippen molar-refractivity contribution in [1.82, 2.24) is 4.40 Å². The Kier molecular flexibility index (Phi) is 8.98. The monoisotopic (exact) mass is 816 g/mol. The van der Waals surface area contributed by atoms with Gasteiger partial charge in [0, 0.05) is 38.6 Å². The van der Waals surface area contributed by atoms with Crippen LogP contribution in [0.15, 0.2) is 231 Å². The van der Waals surface area contributed by atoms with Gasteiger partial charge in [-0.2, -0.15) is 0 Å². The van der Waals surface area contributed by atoms with E-state index in [1.54, 1.807) is 0 Å². The van der Waals surface area contributed by atoms with Crippen molar-refractivity contribution >= 4 is 55.2 Å². The van der Waals surface area contributed by atoms with Crippen molar-refractivity contribution in [3.8, 4) is 55.6 Å². The van der Waals surface area contributed by atoms with Crippen LogP contribution in [0.4, 0.5) is 17.1 Å². The second kappa shape index (κ2) is 15.3. The zero-order valence-electron chi connectivity index (χ0n) is 35.8. The average Bonchev–Trinajstić information content (AvgIpc) is 3.88. The summed E-state index contributed by atoms with van der Waals surface area (Å²) in [6.07, 6.45) is 0. The molecule has 0 bridgehead atoms. The van der Waals surface area contributed by atoms with E-state index in [2.05, 4.69) is 254 Å². The van der Waals surface area contributed by atoms with Crippen molar-refractivity contribution in [2.24, 2.45) is 0 Å². The lowest BCUT2D eigenvalue weighted by Gasteiger charge is -2.26. The number of fused-ring (bicyclic) bond motifs is 6. The largest absolute Gasteiger partial charge is 0.310 e. The van der Waals surface area contributed by atoms with E-state index in [0.717, 1.165) is 17.1 Å². The minimum atomic E-state index is 1.12. The predicted octanol–water partition coefficient (Wildman–Crippen LogP) is 17.3. The first kappa shape index (κ1) is 37.6. The molecule has 0 spiro atoms. The van der Waals surface area contributed by atoms with Crippen LogP contribution in [-0.4, -0.2) is 4.40 Å². The molecule has 2 aromatic heterocycles. The smallest absolute Gasteiger partial charge is 0.0620 e. The maximum atomic E-state index is 2.44. The number of rotatable bonds is 8. The summed E-state index contributed by atoms with van der Waals surface area (Å²) in [5.74, 6) is 0. The third-order valence-electron chi connectivity index (χ3n) is 13.3. The quantitative estimate of drug-likeness (QED) is 0.148. The van der Waals surface area contributed by atoms with Crippen molar-refractivity contribution in [3.63, 3.8) is 0 Å². The number of hydrogen-bond acceptors (Lipinski definition) is 1. The summed E-state index contributed by atoms with van der Waals surface area (Å²) in [5.41, 5.74) is 21.9. The Morgan fingerprint density at radius 3 is 1.03 bits per heavy atom. The van der Waals surface area contributed by atoms with Crippen LogP contribution in [0, 0.1) is 13.8 Å². The van der Waals surface area contributed by atoms with E-state index in [1.807, 2.05) is 0 Å². The van der Waals surface area contributed by atoms with E-state index in [-0.39, 0.29) is 0 Å². The molecule has 0 N–H and O–H groups in total. The molecule has 0 atom stereocenters. The molecule has 0 unspecified atom stereocenters. The molecule has 0 radical (unpaired) electrons. The van der Waals surface area contributed by atoms with Gasteiger partial charge in [-0.05, 0) is 141 Å². The molecule has 2 heteroatoms. The van der Waals surface area contributed by atoms with E-state index in [4.69, 9.17) is 0 Å². The van der Waals surface area contributed by atoms with Gasteiger partial charge in [0.1, 0.15) is 0 Å². The fourth-order valence-electron chi connectivity index (χ4n) is 9.73. The third-order valence-corrected chi connectivity index (χ3v) is 13.3. The molecule has 64 heavy (non-hydrogen) atoms. The van der Waals surface area contributed by atoms with Crippen LogP contribution in [0.25, 0.3) is 93.7 Å². The maximum absolute atomic E-state index is 2.44. The number of anilines is 3. The molecule has 12 rings (SSSR count). The molecule has 0 aliphatic heterocycles. The third kappa shape index (κ3) is 6.42. The molecular weight excluding hydrogens is 773 g/mol. The summed E-state index contributed by atoms with van der Waals surface area (Å²) in [7, 11) is 0. The standard InChI is InChI=1S/C62H44N2/c1-41-16-33-55(38-42(41)2)63(53-34-29-49(30-35-53)47-19-17-44(18-20-47)43-10-4-3-5-11-43)54-36-31-50(32-37-54)48-23-21-45(22-24-48)46-25-27-51(28-26-46)52-39-58-56-12-6-8-14-60(56)64-61-15-9-7-13-57(61)59(40-52)62(58)64/h3-40H,1-2H3. The first-order valence-corrected chi connectivity index (χ1v) is 22.2. The Bertz CT molecular complexity index is 3540. The minimum absolute atomic E-state index is 1.12. The second-order valence-corrected chi connectivity index (χ2v) is 17.1. The topological polar surface area (TPSA) is 7.65 Å². The minimum Gasteiger partial charge on any atom is -0.310 e. The van der Waals surface area contributed by atoms with E-state index >= 15 is 0 Å². The van der Waals surface area contributed by atoms with Gasteiger partial charge in [0.2, 0.25) is 0 Å². The lowest BCUT2D eigenvalue weighted by molar-refractivity contribution is 1.25. The molecule has 2 heterocycles. The molecule has 12 aromatic rings. The van der Waals surface area contributed by atoms with E-state index in [0.29, 0.717) is 0 Å². The van der Waals surface area contributed by atoms with Crippen LogP contribution in [0.2, 0.25) is 0 Å². The number of hydrogen-bond donors (Lipinski definition) is 0. The summed E-state index contributed by atoms with van der Waals surface area (Å²) in [6.45, 7) is 4.36. The fraction of sp³-hybridized carbons (Fsp3) is 0.0323. The Morgan fingerprint density at radius 1 is 0.266 bits per heavy atom. The van der Waals surface area contributed by atoms with Crippen molar-refractivity contribution in [2.75, 3.05) is 4.90 Å². The van der Waals surface area contributed by atoms with E-state index in [1.165, 1.54) is 105 Å². The van der Waals surface area contributed by atoms with Gasteiger partial charge >= 0.3 is 0 Å². The van der Waals surface area contributed by atoms with Gasteiger partial charge < -0.3 is 9.30 Å². The highest BCUT2D eigenvalue weighted by atomic mass is 15.1. The molecule has 0 saturated heterocycles. The first-order chi connectivity index (χ1) is 31.5. The van der Waals surface area contributed by atoms with Gasteiger partial charge in [0.25, 0.3) is 0 Å². The maximum Gasteiger partial charge on any atom is 0.0620 e. The zero-order valence-corrected chi connectivity index (χ0v) is 35.8. The Hall–Kier alpha value is -8.20. The normalized spacial score (nSPS) is 11.6. The highest BCUT2D eigenvalue weighted by Gasteiger charge is 2.19. The van der Waals surface area contributed by atoms with Crippen LogP contribution in [0.1, 0.15) is 11.1 Å². The van der Waals surface area contributed by atoms with E-state index in [9.17, 15) is 0 Å². The summed E-state index contributed by atoms with van der Waals surface area (Å²) < 4.78 is 2.44. The zero-order chi connectivity index (χ0) is 42.7. The molecule has 2 nitrogen and oxygen atoms in total. The number of nitrogens with zero attached hydrogens (tertiary/aromatic N) is 2. The van der Waals surface area contributed by atoms with Crippen LogP contribution in [0.5, 0.6) is 0 Å². The molecule has 302 valence electrons. The molecule has 0 aliphatic rings. The lowest BCUT2D eigenvalue weighted by atomic mass is 9.96. The van der Waals surface area contributed by atoms with Crippen molar-refractivity contribution in [3.05, 3.63) is 242 Å². The molecule has 10 aromatic carbocycles. The SMILES string of the molecule is Cc1ccc(N(c2ccc(-c3ccc(-c4ccccc4)cc3)cc2)c2ccc(-c3ccc(-c4ccc(-c5cc6c7ccccc7n7c8ccccc8c(c5)c67)cc4)cc3)cc2)cc1C. The second-order valence-electron chi connectivity index (χ2n) is 17.1. The van der Waals surface area contributed by atoms with Crippen LogP contribution >= 0.6 is 0 Å². The molecule has 0 amide bonds. The van der Waals surface area contributed by atoms with Crippen LogP contribution in [-0.2, 0) is 0 Å². The summed E-state index contributed by atoms with van der Waals surface area (Å²) >= 11 is 0. The summed E-state index contributed by atoms with van der Waals surface area (Å²) in [5, 5.41) is 5.21. The van der Waals surface area contributed by atoms with Crippen molar-refractivity contribution in [2.45, 2.75) is 13.8 Å². The highest BCUT2D eigenvalue weighted by Crippen LogP contribution is 2.42. The predicted molar refractivity (Wildman–Crippen MR) is 272 cm³/mol. The van der Waals surface area contributed by atoms with Gasteiger partial charge in [-0.15, -0.1) is 0 Å². The number of para-hydroxylation sites is 2. The van der Waals surface area contributed by atoms with Gasteiger partial charge in [0.05, 0.1) is 16.6 Å². The van der Waals surface area contributed by atoms with Crippen molar-refractivity contribution in [1.29, 1.82) is 0 Å². The number of aryl methyl sites for hydroxylation is 2. The average molecular weight is 817 g/mol. The summed E-state index contributed by atoms with van der Waals surface area (Å²) in [6, 6.07) is 84.4. The van der Waals surface area contributed by atoms with Crippen molar-refractivity contribution < 1.29 is 0 Å².